The van der Waals surface area contributed by atoms with Crippen LogP contribution in [0.5, 0.6) is 0 Å². The molecule has 5 nitrogen and oxygen atoms in total. The van der Waals surface area contributed by atoms with Gasteiger partial charge in [-0.2, -0.15) is 0 Å². The topological polar surface area (TPSA) is 62.3 Å². The van der Waals surface area contributed by atoms with Gasteiger partial charge in [0.25, 0.3) is 11.8 Å². The molecule has 1 aliphatic rings. The molecular formula is C17H25N3O2. The lowest BCUT2D eigenvalue weighted by molar-refractivity contribution is 0.0691. The number of rotatable bonds is 4. The van der Waals surface area contributed by atoms with E-state index in [0.717, 1.165) is 25.9 Å². The van der Waals surface area contributed by atoms with Crippen molar-refractivity contribution < 1.29 is 9.59 Å². The van der Waals surface area contributed by atoms with Crippen LogP contribution in [0.25, 0.3) is 0 Å². The molecule has 0 bridgehead atoms. The van der Waals surface area contributed by atoms with Gasteiger partial charge in [0, 0.05) is 31.4 Å². The minimum Gasteiger partial charge on any atom is -0.352 e. The molecular weight excluding hydrogens is 278 g/mol. The van der Waals surface area contributed by atoms with Crippen LogP contribution in [-0.2, 0) is 0 Å². The van der Waals surface area contributed by atoms with Crippen molar-refractivity contribution in [3.05, 3.63) is 29.6 Å². The SMILES string of the molecule is CC(C)CNC(=O)c1ccnc(C(=O)N2CCC(C)CC2)c1. The van der Waals surface area contributed by atoms with Gasteiger partial charge in [-0.05, 0) is 36.8 Å². The van der Waals surface area contributed by atoms with Crippen molar-refractivity contribution >= 4 is 11.8 Å². The van der Waals surface area contributed by atoms with Crippen LogP contribution >= 0.6 is 0 Å². The number of hydrogen-bond donors (Lipinski definition) is 1. The monoisotopic (exact) mass is 303 g/mol. The Bertz CT molecular complexity index is 534. The summed E-state index contributed by atoms with van der Waals surface area (Å²) in [6.07, 6.45) is 3.59. The fourth-order valence-corrected chi connectivity index (χ4v) is 2.46. The average Bonchev–Trinajstić information content (AvgIpc) is 2.52. The second kappa shape index (κ2) is 7.38. The third-order valence-corrected chi connectivity index (χ3v) is 3.98. The summed E-state index contributed by atoms with van der Waals surface area (Å²) in [7, 11) is 0. The van der Waals surface area contributed by atoms with Crippen LogP contribution in [0.15, 0.2) is 18.3 Å². The maximum Gasteiger partial charge on any atom is 0.272 e. The molecule has 0 unspecified atom stereocenters. The second-order valence-corrected chi connectivity index (χ2v) is 6.51. The lowest BCUT2D eigenvalue weighted by Gasteiger charge is -2.30. The normalized spacial score (nSPS) is 15.9. The molecule has 2 heterocycles. The molecule has 0 spiro atoms. The number of aromatic nitrogens is 1. The zero-order chi connectivity index (χ0) is 16.1. The third-order valence-electron chi connectivity index (χ3n) is 3.98. The van der Waals surface area contributed by atoms with E-state index in [1.54, 1.807) is 12.1 Å². The smallest absolute Gasteiger partial charge is 0.272 e. The molecule has 1 saturated heterocycles. The predicted octanol–water partition coefficient (Wildman–Crippen LogP) is 2.34. The summed E-state index contributed by atoms with van der Waals surface area (Å²) in [6, 6.07) is 3.24. The quantitative estimate of drug-likeness (QED) is 0.928. The number of likely N-dealkylation sites (tertiary alicyclic amines) is 1. The van der Waals surface area contributed by atoms with Gasteiger partial charge in [0.2, 0.25) is 0 Å². The first kappa shape index (κ1) is 16.5. The van der Waals surface area contributed by atoms with E-state index in [1.807, 2.05) is 18.7 Å². The molecule has 0 radical (unpaired) electrons. The summed E-state index contributed by atoms with van der Waals surface area (Å²) >= 11 is 0. The summed E-state index contributed by atoms with van der Waals surface area (Å²) in [6.45, 7) is 8.45. The molecule has 5 heteroatoms. The summed E-state index contributed by atoms with van der Waals surface area (Å²) in [4.78, 5) is 30.5. The summed E-state index contributed by atoms with van der Waals surface area (Å²) in [5.74, 6) is 0.829. The van der Waals surface area contributed by atoms with Gasteiger partial charge in [0.1, 0.15) is 5.69 Å². The molecule has 0 atom stereocenters. The van der Waals surface area contributed by atoms with E-state index in [0.29, 0.717) is 29.6 Å². The van der Waals surface area contributed by atoms with Gasteiger partial charge in [-0.3, -0.25) is 14.6 Å². The van der Waals surface area contributed by atoms with Crippen LogP contribution in [0.2, 0.25) is 0 Å². The second-order valence-electron chi connectivity index (χ2n) is 6.51. The standard InChI is InChI=1S/C17H25N3O2/c1-12(2)11-19-16(21)14-4-7-18-15(10-14)17(22)20-8-5-13(3)6-9-20/h4,7,10,12-13H,5-6,8-9,11H2,1-3H3,(H,19,21). The molecule has 22 heavy (non-hydrogen) atoms. The van der Waals surface area contributed by atoms with E-state index in [4.69, 9.17) is 0 Å². The largest absolute Gasteiger partial charge is 0.352 e. The fraction of sp³-hybridized carbons (Fsp3) is 0.588. The zero-order valence-corrected chi connectivity index (χ0v) is 13.6. The van der Waals surface area contributed by atoms with Gasteiger partial charge in [-0.1, -0.05) is 20.8 Å². The van der Waals surface area contributed by atoms with Crippen LogP contribution in [0.1, 0.15) is 54.5 Å². The molecule has 120 valence electrons. The fourth-order valence-electron chi connectivity index (χ4n) is 2.46. The number of nitrogens with zero attached hydrogens (tertiary/aromatic N) is 2. The maximum atomic E-state index is 12.5. The van der Waals surface area contributed by atoms with Crippen LogP contribution in [0, 0.1) is 11.8 Å². The van der Waals surface area contributed by atoms with Crippen molar-refractivity contribution in [1.29, 1.82) is 0 Å². The maximum absolute atomic E-state index is 12.5. The van der Waals surface area contributed by atoms with E-state index in [9.17, 15) is 9.59 Å². The summed E-state index contributed by atoms with van der Waals surface area (Å²) in [5.41, 5.74) is 0.844. The van der Waals surface area contributed by atoms with Crippen LogP contribution in [0.4, 0.5) is 0 Å². The van der Waals surface area contributed by atoms with Gasteiger partial charge in [-0.25, -0.2) is 0 Å². The highest BCUT2D eigenvalue weighted by Gasteiger charge is 2.22. The van der Waals surface area contributed by atoms with Gasteiger partial charge >= 0.3 is 0 Å². The predicted molar refractivity (Wildman–Crippen MR) is 85.7 cm³/mol. The van der Waals surface area contributed by atoms with E-state index >= 15 is 0 Å². The Labute approximate surface area is 132 Å². The van der Waals surface area contributed by atoms with Crippen LogP contribution in [-0.4, -0.2) is 41.3 Å². The highest BCUT2D eigenvalue weighted by Crippen LogP contribution is 2.17. The Balaban J connectivity index is 2.04. The van der Waals surface area contributed by atoms with Crippen molar-refractivity contribution in [1.82, 2.24) is 15.2 Å². The first-order valence-electron chi connectivity index (χ1n) is 8.01. The van der Waals surface area contributed by atoms with Crippen LogP contribution < -0.4 is 5.32 Å². The first-order valence-corrected chi connectivity index (χ1v) is 8.01. The molecule has 0 saturated carbocycles. The Morgan fingerprint density at radius 1 is 1.36 bits per heavy atom. The van der Waals surface area contributed by atoms with Crippen LogP contribution in [0.3, 0.4) is 0 Å². The van der Waals surface area contributed by atoms with E-state index in [1.165, 1.54) is 6.20 Å². The van der Waals surface area contributed by atoms with E-state index in [-0.39, 0.29) is 11.8 Å². The van der Waals surface area contributed by atoms with Crippen molar-refractivity contribution in [2.45, 2.75) is 33.6 Å². The average molecular weight is 303 g/mol. The Morgan fingerprint density at radius 3 is 2.68 bits per heavy atom. The number of piperidine rings is 1. The van der Waals surface area contributed by atoms with Crippen molar-refractivity contribution in [2.24, 2.45) is 11.8 Å². The highest BCUT2D eigenvalue weighted by molar-refractivity contribution is 5.98. The van der Waals surface area contributed by atoms with E-state index < -0.39 is 0 Å². The number of nitrogens with one attached hydrogen (secondary N) is 1. The minimum absolute atomic E-state index is 0.0783. The third kappa shape index (κ3) is 4.29. The molecule has 1 aromatic rings. The molecule has 0 aromatic carbocycles. The molecule has 1 N–H and O–H groups in total. The molecule has 1 aliphatic heterocycles. The molecule has 2 rings (SSSR count). The van der Waals surface area contributed by atoms with E-state index in [2.05, 4.69) is 17.2 Å². The molecule has 1 fully saturated rings. The minimum atomic E-state index is -0.155. The first-order chi connectivity index (χ1) is 10.5. The number of carbonyl (C=O) groups is 2. The number of hydrogen-bond acceptors (Lipinski definition) is 3. The Morgan fingerprint density at radius 2 is 2.05 bits per heavy atom. The van der Waals surface area contributed by atoms with Gasteiger partial charge < -0.3 is 10.2 Å². The summed E-state index contributed by atoms with van der Waals surface area (Å²) < 4.78 is 0. The van der Waals surface area contributed by atoms with Crippen molar-refractivity contribution in [3.8, 4) is 0 Å². The number of pyridine rings is 1. The Hall–Kier alpha value is -1.91. The molecule has 2 amide bonds. The van der Waals surface area contributed by atoms with Gasteiger partial charge in [0.05, 0.1) is 0 Å². The van der Waals surface area contributed by atoms with Crippen molar-refractivity contribution in [3.63, 3.8) is 0 Å². The van der Waals surface area contributed by atoms with Crippen molar-refractivity contribution in [2.75, 3.05) is 19.6 Å². The highest BCUT2D eigenvalue weighted by atomic mass is 16.2. The van der Waals surface area contributed by atoms with Gasteiger partial charge in [0.15, 0.2) is 0 Å². The lowest BCUT2D eigenvalue weighted by atomic mass is 9.99. The summed E-state index contributed by atoms with van der Waals surface area (Å²) in [5, 5.41) is 2.86. The number of carbonyl (C=O) groups excluding carboxylic acids is 2. The molecule has 1 aromatic heterocycles. The van der Waals surface area contributed by atoms with Gasteiger partial charge in [-0.15, -0.1) is 0 Å². The Kier molecular flexibility index (Phi) is 5.52. The zero-order valence-electron chi connectivity index (χ0n) is 13.6. The number of amides is 2. The molecule has 0 aliphatic carbocycles. The lowest BCUT2D eigenvalue weighted by Crippen LogP contribution is -2.38.